The van der Waals surface area contributed by atoms with Crippen molar-refractivity contribution in [2.75, 3.05) is 13.1 Å². The molecule has 5 heteroatoms. The maximum absolute atomic E-state index is 13.1. The molecule has 0 aromatic heterocycles. The van der Waals surface area contributed by atoms with E-state index in [1.54, 1.807) is 4.90 Å². The first-order valence-electron chi connectivity index (χ1n) is 8.37. The Kier molecular flexibility index (Phi) is 3.95. The summed E-state index contributed by atoms with van der Waals surface area (Å²) in [6, 6.07) is 0. The van der Waals surface area contributed by atoms with Gasteiger partial charge in [0.2, 0.25) is 5.91 Å². The van der Waals surface area contributed by atoms with Crippen molar-refractivity contribution in [2.24, 2.45) is 0 Å². The number of hydrogen-bond donors (Lipinski definition) is 2. The van der Waals surface area contributed by atoms with Gasteiger partial charge in [-0.3, -0.25) is 9.59 Å². The molecule has 3 rings (SSSR count). The second kappa shape index (κ2) is 5.59. The summed E-state index contributed by atoms with van der Waals surface area (Å²) in [7, 11) is 0. The Hall–Kier alpha value is -1.10. The molecule has 2 saturated carbocycles. The standard InChI is InChI=1S/C16H26N2O3/c19-13(20)11-18-14(21)16(9-5-6-10-16)17-12-15(18)7-3-1-2-4-8-15/h17H,1-12H2,(H,19,20). The maximum Gasteiger partial charge on any atom is 0.323 e. The number of aliphatic carboxylic acids is 1. The van der Waals surface area contributed by atoms with Gasteiger partial charge < -0.3 is 15.3 Å². The van der Waals surface area contributed by atoms with Gasteiger partial charge in [-0.2, -0.15) is 0 Å². The zero-order chi connectivity index (χ0) is 14.9. The van der Waals surface area contributed by atoms with Gasteiger partial charge in [0.15, 0.2) is 0 Å². The van der Waals surface area contributed by atoms with E-state index in [9.17, 15) is 14.7 Å². The Bertz CT molecular complexity index is 421. The highest BCUT2D eigenvalue weighted by Crippen LogP contribution is 2.41. The molecule has 1 saturated heterocycles. The van der Waals surface area contributed by atoms with Crippen LogP contribution in [0.4, 0.5) is 0 Å². The van der Waals surface area contributed by atoms with Gasteiger partial charge in [0.1, 0.15) is 6.54 Å². The summed E-state index contributed by atoms with van der Waals surface area (Å²) in [5, 5.41) is 12.8. The molecule has 0 radical (unpaired) electrons. The van der Waals surface area contributed by atoms with Crippen molar-refractivity contribution in [3.05, 3.63) is 0 Å². The molecule has 3 fully saturated rings. The summed E-state index contributed by atoms with van der Waals surface area (Å²) in [6.07, 6.45) is 10.3. The van der Waals surface area contributed by atoms with Gasteiger partial charge in [-0.05, 0) is 25.7 Å². The van der Waals surface area contributed by atoms with Crippen LogP contribution in [-0.4, -0.2) is 46.1 Å². The quantitative estimate of drug-likeness (QED) is 0.816. The number of nitrogens with one attached hydrogen (secondary N) is 1. The third-order valence-corrected chi connectivity index (χ3v) is 5.77. The third-order valence-electron chi connectivity index (χ3n) is 5.77. The van der Waals surface area contributed by atoms with E-state index in [-0.39, 0.29) is 18.0 Å². The molecule has 5 nitrogen and oxygen atoms in total. The molecule has 0 aromatic rings. The number of piperazine rings is 1. The molecular weight excluding hydrogens is 268 g/mol. The van der Waals surface area contributed by atoms with Gasteiger partial charge in [0.05, 0.1) is 11.1 Å². The number of carbonyl (C=O) groups excluding carboxylic acids is 1. The summed E-state index contributed by atoms with van der Waals surface area (Å²) in [5.74, 6) is -0.836. The van der Waals surface area contributed by atoms with Crippen LogP contribution in [-0.2, 0) is 9.59 Å². The molecule has 1 heterocycles. The molecule has 0 bridgehead atoms. The lowest BCUT2D eigenvalue weighted by Gasteiger charge is -2.52. The number of amides is 1. The summed E-state index contributed by atoms with van der Waals surface area (Å²) >= 11 is 0. The van der Waals surface area contributed by atoms with Crippen molar-refractivity contribution in [3.8, 4) is 0 Å². The first kappa shape index (κ1) is 14.8. The van der Waals surface area contributed by atoms with Gasteiger partial charge >= 0.3 is 5.97 Å². The molecule has 118 valence electrons. The molecule has 0 aromatic carbocycles. The molecule has 0 atom stereocenters. The minimum absolute atomic E-state index is 0.0514. The van der Waals surface area contributed by atoms with Gasteiger partial charge in [-0.25, -0.2) is 0 Å². The van der Waals surface area contributed by atoms with Crippen LogP contribution in [0, 0.1) is 0 Å². The SMILES string of the molecule is O=C(O)CN1C(=O)C2(CCCC2)NCC12CCCCCC2. The summed E-state index contributed by atoms with van der Waals surface area (Å²) < 4.78 is 0. The Morgan fingerprint density at radius 1 is 1.05 bits per heavy atom. The average molecular weight is 294 g/mol. The number of carbonyl (C=O) groups is 2. The Morgan fingerprint density at radius 3 is 2.19 bits per heavy atom. The van der Waals surface area contributed by atoms with Crippen LogP contribution >= 0.6 is 0 Å². The van der Waals surface area contributed by atoms with Crippen molar-refractivity contribution in [1.82, 2.24) is 10.2 Å². The normalized spacial score (nSPS) is 28.0. The number of carboxylic acid groups (broad SMARTS) is 1. The first-order chi connectivity index (χ1) is 10.1. The second-order valence-corrected chi connectivity index (χ2v) is 7.07. The van der Waals surface area contributed by atoms with E-state index in [2.05, 4.69) is 5.32 Å². The summed E-state index contributed by atoms with van der Waals surface area (Å²) in [5.41, 5.74) is -0.729. The first-order valence-corrected chi connectivity index (χ1v) is 8.37. The fraction of sp³-hybridized carbons (Fsp3) is 0.875. The fourth-order valence-corrected chi connectivity index (χ4v) is 4.56. The number of nitrogens with zero attached hydrogens (tertiary/aromatic N) is 1. The van der Waals surface area contributed by atoms with Crippen LogP contribution in [0.1, 0.15) is 64.2 Å². The monoisotopic (exact) mass is 294 g/mol. The fourth-order valence-electron chi connectivity index (χ4n) is 4.56. The van der Waals surface area contributed by atoms with Crippen molar-refractivity contribution in [3.63, 3.8) is 0 Å². The Balaban J connectivity index is 1.89. The van der Waals surface area contributed by atoms with Gasteiger partial charge in [0.25, 0.3) is 0 Å². The van der Waals surface area contributed by atoms with Crippen molar-refractivity contribution < 1.29 is 14.7 Å². The van der Waals surface area contributed by atoms with E-state index < -0.39 is 11.5 Å². The zero-order valence-electron chi connectivity index (χ0n) is 12.7. The molecule has 2 N–H and O–H groups in total. The zero-order valence-corrected chi connectivity index (χ0v) is 12.7. The largest absolute Gasteiger partial charge is 0.480 e. The van der Waals surface area contributed by atoms with Gasteiger partial charge in [0, 0.05) is 6.54 Å². The smallest absolute Gasteiger partial charge is 0.323 e. The Labute approximate surface area is 126 Å². The van der Waals surface area contributed by atoms with Gasteiger partial charge in [-0.1, -0.05) is 38.5 Å². The van der Waals surface area contributed by atoms with E-state index in [0.29, 0.717) is 0 Å². The lowest BCUT2D eigenvalue weighted by molar-refractivity contribution is -0.159. The summed E-state index contributed by atoms with van der Waals surface area (Å²) in [6.45, 7) is 0.633. The number of carboxylic acids is 1. The van der Waals surface area contributed by atoms with Gasteiger partial charge in [-0.15, -0.1) is 0 Å². The number of hydrogen-bond acceptors (Lipinski definition) is 3. The summed E-state index contributed by atoms with van der Waals surface area (Å²) in [4.78, 5) is 26.1. The topological polar surface area (TPSA) is 69.6 Å². The highest BCUT2D eigenvalue weighted by atomic mass is 16.4. The number of rotatable bonds is 2. The van der Waals surface area contributed by atoms with Crippen LogP contribution in [0.3, 0.4) is 0 Å². The molecule has 3 aliphatic rings. The highest BCUT2D eigenvalue weighted by molar-refractivity contribution is 5.91. The molecule has 1 aliphatic heterocycles. The second-order valence-electron chi connectivity index (χ2n) is 7.07. The van der Waals surface area contributed by atoms with E-state index in [1.807, 2.05) is 0 Å². The molecule has 21 heavy (non-hydrogen) atoms. The van der Waals surface area contributed by atoms with Crippen LogP contribution in [0.2, 0.25) is 0 Å². The predicted molar refractivity (Wildman–Crippen MR) is 79.0 cm³/mol. The third kappa shape index (κ3) is 2.56. The minimum atomic E-state index is -0.887. The molecule has 2 aliphatic carbocycles. The molecule has 1 amide bonds. The van der Waals surface area contributed by atoms with Crippen LogP contribution < -0.4 is 5.32 Å². The van der Waals surface area contributed by atoms with Crippen LogP contribution in [0.5, 0.6) is 0 Å². The van der Waals surface area contributed by atoms with Crippen molar-refractivity contribution in [2.45, 2.75) is 75.3 Å². The van der Waals surface area contributed by atoms with Crippen LogP contribution in [0.25, 0.3) is 0 Å². The Morgan fingerprint density at radius 2 is 1.62 bits per heavy atom. The molecule has 0 unspecified atom stereocenters. The highest BCUT2D eigenvalue weighted by Gasteiger charge is 2.54. The van der Waals surface area contributed by atoms with Crippen LogP contribution in [0.15, 0.2) is 0 Å². The van der Waals surface area contributed by atoms with E-state index in [1.165, 1.54) is 12.8 Å². The molecular formula is C16H26N2O3. The lowest BCUT2D eigenvalue weighted by Crippen LogP contribution is -2.72. The lowest BCUT2D eigenvalue weighted by atomic mass is 9.80. The minimum Gasteiger partial charge on any atom is -0.480 e. The van der Waals surface area contributed by atoms with E-state index in [4.69, 9.17) is 0 Å². The average Bonchev–Trinajstić information content (AvgIpc) is 2.81. The van der Waals surface area contributed by atoms with E-state index >= 15 is 0 Å². The maximum atomic E-state index is 13.1. The van der Waals surface area contributed by atoms with Crippen molar-refractivity contribution >= 4 is 11.9 Å². The predicted octanol–water partition coefficient (Wildman–Crippen LogP) is 1.91. The van der Waals surface area contributed by atoms with E-state index in [0.717, 1.165) is 57.9 Å². The molecule has 2 spiro atoms. The van der Waals surface area contributed by atoms with Crippen molar-refractivity contribution in [1.29, 1.82) is 0 Å².